The maximum absolute atomic E-state index is 12.7. The molecule has 0 aromatic heterocycles. The highest BCUT2D eigenvalue weighted by Crippen LogP contribution is 2.49. The summed E-state index contributed by atoms with van der Waals surface area (Å²) in [5.41, 5.74) is 4.68. The molecule has 0 bridgehead atoms. The summed E-state index contributed by atoms with van der Waals surface area (Å²) < 4.78 is 11.0. The number of carbonyl (C=O) groups excluding carboxylic acids is 1. The molecule has 0 amide bonds. The number of allylic oxidation sites excluding steroid dienone is 2. The highest BCUT2D eigenvalue weighted by atomic mass is 16.5. The predicted octanol–water partition coefficient (Wildman–Crippen LogP) is 3.48. The molecule has 144 valence electrons. The van der Waals surface area contributed by atoms with Crippen LogP contribution in [0.1, 0.15) is 49.8 Å². The number of Topliss-reactive ketones (excluding diaryl/α,β-unsaturated/α-hetero) is 1. The van der Waals surface area contributed by atoms with Gasteiger partial charge in [0.25, 0.3) is 0 Å². The molecule has 0 spiro atoms. The van der Waals surface area contributed by atoms with Crippen molar-refractivity contribution in [3.05, 3.63) is 34.5 Å². The Morgan fingerprint density at radius 3 is 2.59 bits per heavy atom. The van der Waals surface area contributed by atoms with E-state index in [0.29, 0.717) is 23.5 Å². The van der Waals surface area contributed by atoms with Crippen LogP contribution >= 0.6 is 0 Å². The van der Waals surface area contributed by atoms with E-state index in [-0.39, 0.29) is 17.7 Å². The third-order valence-corrected chi connectivity index (χ3v) is 6.19. The summed E-state index contributed by atoms with van der Waals surface area (Å²) in [6, 6.07) is 4.16. The fourth-order valence-corrected chi connectivity index (χ4v) is 4.99. The first-order valence-electron chi connectivity index (χ1n) is 9.64. The van der Waals surface area contributed by atoms with Gasteiger partial charge in [0.2, 0.25) is 0 Å². The number of carbonyl (C=O) groups is 1. The van der Waals surface area contributed by atoms with Gasteiger partial charge in [-0.05, 0) is 48.9 Å². The number of hydrogen-bond donors (Lipinski definition) is 1. The maximum atomic E-state index is 12.7. The number of oxime groups is 1. The summed E-state index contributed by atoms with van der Waals surface area (Å²) in [4.78, 5) is 15.0. The van der Waals surface area contributed by atoms with E-state index >= 15 is 0 Å². The zero-order valence-corrected chi connectivity index (χ0v) is 16.1. The molecule has 27 heavy (non-hydrogen) atoms. The average molecular weight is 370 g/mol. The van der Waals surface area contributed by atoms with Gasteiger partial charge < -0.3 is 19.6 Å². The molecule has 3 aliphatic rings. The molecule has 0 saturated carbocycles. The van der Waals surface area contributed by atoms with E-state index < -0.39 is 0 Å². The van der Waals surface area contributed by atoms with Gasteiger partial charge in [0.1, 0.15) is 0 Å². The van der Waals surface area contributed by atoms with Gasteiger partial charge in [0.15, 0.2) is 17.3 Å². The first kappa shape index (κ1) is 17.9. The van der Waals surface area contributed by atoms with Gasteiger partial charge >= 0.3 is 0 Å². The number of rotatable bonds is 3. The summed E-state index contributed by atoms with van der Waals surface area (Å²) in [6.07, 6.45) is 3.93. The van der Waals surface area contributed by atoms with Gasteiger partial charge in [0.05, 0.1) is 31.5 Å². The molecule has 2 heterocycles. The number of ketones is 1. The van der Waals surface area contributed by atoms with Crippen LogP contribution < -0.4 is 9.47 Å². The van der Waals surface area contributed by atoms with Crippen LogP contribution in [-0.4, -0.2) is 42.4 Å². The lowest BCUT2D eigenvalue weighted by Gasteiger charge is -2.49. The highest BCUT2D eigenvalue weighted by Gasteiger charge is 2.46. The lowest BCUT2D eigenvalue weighted by atomic mass is 9.72. The fraction of sp³-hybridized carbons (Fsp3) is 0.524. The van der Waals surface area contributed by atoms with Gasteiger partial charge in [0, 0.05) is 24.6 Å². The van der Waals surface area contributed by atoms with Crippen molar-refractivity contribution in [3.63, 3.8) is 0 Å². The second-order valence-corrected chi connectivity index (χ2v) is 7.39. The van der Waals surface area contributed by atoms with Gasteiger partial charge in [-0.3, -0.25) is 4.79 Å². The smallest absolute Gasteiger partial charge is 0.166 e. The minimum Gasteiger partial charge on any atom is -0.493 e. The fourth-order valence-electron chi connectivity index (χ4n) is 4.99. The highest BCUT2D eigenvalue weighted by molar-refractivity contribution is 6.24. The standard InChI is InChI=1S/C21H26N2O4/c1-4-13-20(22-25)19-15(6-5-7-16(19)24)23-9-8-12-10-17(26-2)18(27-3)11-14(12)21(13)23/h10-11,13,21,25H,4-9H2,1-3H3/b22-20-/t13-,21+/m0/s1. The number of hydrogen-bond acceptors (Lipinski definition) is 6. The van der Waals surface area contributed by atoms with Crippen LogP contribution in [0.2, 0.25) is 0 Å². The van der Waals surface area contributed by atoms with Crippen LogP contribution in [0.4, 0.5) is 0 Å². The van der Waals surface area contributed by atoms with E-state index in [1.165, 1.54) is 11.1 Å². The first-order valence-corrected chi connectivity index (χ1v) is 9.64. The summed E-state index contributed by atoms with van der Waals surface area (Å²) in [7, 11) is 3.29. The van der Waals surface area contributed by atoms with E-state index in [1.54, 1.807) is 14.2 Å². The van der Waals surface area contributed by atoms with Crippen LogP contribution in [0.5, 0.6) is 11.5 Å². The van der Waals surface area contributed by atoms with E-state index in [1.807, 2.05) is 0 Å². The first-order chi connectivity index (χ1) is 13.1. The Morgan fingerprint density at radius 1 is 1.19 bits per heavy atom. The second-order valence-electron chi connectivity index (χ2n) is 7.39. The minimum absolute atomic E-state index is 0.0343. The molecule has 1 aliphatic carbocycles. The van der Waals surface area contributed by atoms with Crippen LogP contribution in [0, 0.1) is 5.92 Å². The molecule has 0 radical (unpaired) electrons. The lowest BCUT2D eigenvalue weighted by Crippen LogP contribution is -2.48. The molecule has 1 N–H and O–H groups in total. The normalized spacial score (nSPS) is 25.8. The van der Waals surface area contributed by atoms with Crippen molar-refractivity contribution in [3.8, 4) is 11.5 Å². The Morgan fingerprint density at radius 2 is 1.93 bits per heavy atom. The average Bonchev–Trinajstić information content (AvgIpc) is 2.71. The van der Waals surface area contributed by atoms with E-state index in [2.05, 4.69) is 29.1 Å². The molecular weight excluding hydrogens is 344 g/mol. The summed E-state index contributed by atoms with van der Waals surface area (Å²) >= 11 is 0. The molecular formula is C21H26N2O4. The third kappa shape index (κ3) is 2.61. The third-order valence-electron chi connectivity index (χ3n) is 6.19. The Kier molecular flexibility index (Phi) is 4.58. The molecule has 4 rings (SSSR count). The topological polar surface area (TPSA) is 71.4 Å². The van der Waals surface area contributed by atoms with Gasteiger partial charge in [-0.2, -0.15) is 0 Å². The molecule has 1 aromatic carbocycles. The zero-order valence-electron chi connectivity index (χ0n) is 16.1. The summed E-state index contributed by atoms with van der Waals surface area (Å²) in [6.45, 7) is 2.94. The number of methoxy groups -OCH3 is 2. The second kappa shape index (κ2) is 6.91. The number of nitrogens with zero attached hydrogens (tertiary/aromatic N) is 2. The monoisotopic (exact) mass is 370 g/mol. The molecule has 2 aliphatic heterocycles. The predicted molar refractivity (Wildman–Crippen MR) is 102 cm³/mol. The zero-order chi connectivity index (χ0) is 19.1. The van der Waals surface area contributed by atoms with Crippen molar-refractivity contribution in [1.82, 2.24) is 4.90 Å². The number of ether oxygens (including phenoxy) is 2. The van der Waals surface area contributed by atoms with E-state index in [9.17, 15) is 10.0 Å². The largest absolute Gasteiger partial charge is 0.493 e. The van der Waals surface area contributed by atoms with Crippen LogP contribution in [0.25, 0.3) is 0 Å². The van der Waals surface area contributed by atoms with Gasteiger partial charge in [-0.1, -0.05) is 12.1 Å². The van der Waals surface area contributed by atoms with Crippen LogP contribution in [0.15, 0.2) is 28.6 Å². The van der Waals surface area contributed by atoms with Crippen LogP contribution in [-0.2, 0) is 11.2 Å². The van der Waals surface area contributed by atoms with Gasteiger partial charge in [-0.25, -0.2) is 0 Å². The maximum Gasteiger partial charge on any atom is 0.166 e. The van der Waals surface area contributed by atoms with E-state index in [0.717, 1.165) is 43.7 Å². The Bertz CT molecular complexity index is 843. The molecule has 0 fully saturated rings. The Labute approximate surface area is 159 Å². The van der Waals surface area contributed by atoms with Gasteiger partial charge in [-0.15, -0.1) is 0 Å². The lowest BCUT2D eigenvalue weighted by molar-refractivity contribution is -0.116. The summed E-state index contributed by atoms with van der Waals surface area (Å²) in [5.74, 6) is 1.51. The number of benzene rings is 1. The molecule has 6 nitrogen and oxygen atoms in total. The Hall–Kier alpha value is -2.50. The van der Waals surface area contributed by atoms with Crippen molar-refractivity contribution in [2.75, 3.05) is 20.8 Å². The molecule has 0 saturated heterocycles. The molecule has 0 unspecified atom stereocenters. The van der Waals surface area contributed by atoms with Crippen molar-refractivity contribution in [2.24, 2.45) is 11.1 Å². The quantitative estimate of drug-likeness (QED) is 0.651. The van der Waals surface area contributed by atoms with Crippen molar-refractivity contribution in [1.29, 1.82) is 0 Å². The van der Waals surface area contributed by atoms with Crippen molar-refractivity contribution in [2.45, 2.75) is 45.1 Å². The minimum atomic E-state index is -0.0343. The van der Waals surface area contributed by atoms with Crippen LogP contribution in [0.3, 0.4) is 0 Å². The summed E-state index contributed by atoms with van der Waals surface area (Å²) in [5, 5.41) is 13.4. The molecule has 6 heteroatoms. The molecule has 1 aromatic rings. The number of fused-ring (bicyclic) bond motifs is 4. The molecule has 2 atom stereocenters. The van der Waals surface area contributed by atoms with Crippen molar-refractivity contribution >= 4 is 11.5 Å². The SMILES string of the molecule is CC[C@H]1/C(=N/O)C2=C(CCCC2=O)N2CCc3cc(OC)c(OC)cc3[C@@H]12. The van der Waals surface area contributed by atoms with Crippen molar-refractivity contribution < 1.29 is 19.5 Å². The van der Waals surface area contributed by atoms with E-state index in [4.69, 9.17) is 9.47 Å². The Balaban J connectivity index is 1.91.